The molecule has 1 aromatic carbocycles. The van der Waals surface area contributed by atoms with Gasteiger partial charge in [0.25, 0.3) is 0 Å². The zero-order valence-corrected chi connectivity index (χ0v) is 19.7. The highest BCUT2D eigenvalue weighted by atomic mass is 127. The Kier molecular flexibility index (Phi) is 12.3. The summed E-state index contributed by atoms with van der Waals surface area (Å²) in [6.07, 6.45) is 2.54. The van der Waals surface area contributed by atoms with Crippen molar-refractivity contribution in [2.45, 2.75) is 32.6 Å². The van der Waals surface area contributed by atoms with E-state index in [1.54, 1.807) is 14.0 Å². The second-order valence-electron chi connectivity index (χ2n) is 6.93. The number of likely N-dealkylation sites (tertiary alicyclic amines) is 1. The Hall–Kier alpha value is -1.84. The molecule has 0 radical (unpaired) electrons. The summed E-state index contributed by atoms with van der Waals surface area (Å²) in [5.41, 5.74) is 1.25. The number of hydrogen-bond acceptors (Lipinski definition) is 4. The molecule has 1 saturated heterocycles. The predicted octanol–water partition coefficient (Wildman–Crippen LogP) is 2.20. The van der Waals surface area contributed by atoms with Gasteiger partial charge in [-0.1, -0.05) is 30.3 Å². The average Bonchev–Trinajstić information content (AvgIpc) is 3.06. The van der Waals surface area contributed by atoms with Gasteiger partial charge in [0.05, 0.1) is 6.61 Å². The van der Waals surface area contributed by atoms with E-state index in [1.807, 2.05) is 23.1 Å². The Morgan fingerprint density at radius 3 is 2.72 bits per heavy atom. The third-order valence-corrected chi connectivity index (χ3v) is 4.75. The van der Waals surface area contributed by atoms with Crippen molar-refractivity contribution in [3.05, 3.63) is 35.9 Å². The SMILES string of the molecule is CCOC(=O)CCCNC(=NC)NCC1CC(=O)N(CCc2ccccc2)C1.I. The normalized spacial score (nSPS) is 16.3. The lowest BCUT2D eigenvalue weighted by Crippen LogP contribution is -2.40. The number of aliphatic imine (C=N–C) groups is 1. The fraction of sp³-hybridized carbons (Fsp3) is 0.571. The van der Waals surface area contributed by atoms with Crippen molar-refractivity contribution in [1.29, 1.82) is 0 Å². The van der Waals surface area contributed by atoms with Gasteiger partial charge in [-0.3, -0.25) is 14.6 Å². The van der Waals surface area contributed by atoms with E-state index in [9.17, 15) is 9.59 Å². The van der Waals surface area contributed by atoms with Gasteiger partial charge in [-0.15, -0.1) is 24.0 Å². The molecule has 0 aromatic heterocycles. The second-order valence-corrected chi connectivity index (χ2v) is 6.93. The summed E-state index contributed by atoms with van der Waals surface area (Å²) in [6.45, 7) is 5.10. The zero-order chi connectivity index (χ0) is 20.2. The summed E-state index contributed by atoms with van der Waals surface area (Å²) in [4.78, 5) is 29.7. The lowest BCUT2D eigenvalue weighted by molar-refractivity contribution is -0.143. The lowest BCUT2D eigenvalue weighted by atomic mass is 10.1. The van der Waals surface area contributed by atoms with Gasteiger partial charge in [-0.25, -0.2) is 0 Å². The molecule has 7 nitrogen and oxygen atoms in total. The van der Waals surface area contributed by atoms with E-state index in [0.717, 1.165) is 19.5 Å². The van der Waals surface area contributed by atoms with E-state index in [1.165, 1.54) is 5.56 Å². The standard InChI is InChI=1S/C21H32N4O3.HI/c1-3-28-20(27)10-7-12-23-21(22-2)24-15-18-14-19(26)25(16-18)13-11-17-8-5-4-6-9-17;/h4-6,8-9,18H,3,7,10-16H2,1-2H3,(H2,22,23,24);1H. The number of carbonyl (C=O) groups excluding carboxylic acids is 2. The van der Waals surface area contributed by atoms with E-state index >= 15 is 0 Å². The molecule has 1 atom stereocenters. The molecule has 1 aliphatic heterocycles. The predicted molar refractivity (Wildman–Crippen MR) is 125 cm³/mol. The molecule has 29 heavy (non-hydrogen) atoms. The molecule has 1 heterocycles. The van der Waals surface area contributed by atoms with Crippen LogP contribution in [0.4, 0.5) is 0 Å². The first-order valence-electron chi connectivity index (χ1n) is 10.0. The average molecular weight is 516 g/mol. The maximum absolute atomic E-state index is 12.3. The summed E-state index contributed by atoms with van der Waals surface area (Å²) in [6, 6.07) is 10.2. The zero-order valence-electron chi connectivity index (χ0n) is 17.4. The van der Waals surface area contributed by atoms with Crippen molar-refractivity contribution >= 4 is 41.8 Å². The number of esters is 1. The molecule has 1 unspecified atom stereocenters. The Labute approximate surface area is 190 Å². The van der Waals surface area contributed by atoms with Gasteiger partial charge in [0, 0.05) is 52.0 Å². The molecule has 0 saturated carbocycles. The van der Waals surface area contributed by atoms with Crippen molar-refractivity contribution in [3.8, 4) is 0 Å². The Balaban J connectivity index is 0.00000420. The van der Waals surface area contributed by atoms with Crippen LogP contribution in [0.25, 0.3) is 0 Å². The number of hydrogen-bond donors (Lipinski definition) is 2. The summed E-state index contributed by atoms with van der Waals surface area (Å²) in [7, 11) is 1.71. The van der Waals surface area contributed by atoms with Gasteiger partial charge in [0.1, 0.15) is 0 Å². The van der Waals surface area contributed by atoms with E-state index < -0.39 is 0 Å². The monoisotopic (exact) mass is 516 g/mol. The molecule has 2 rings (SSSR count). The highest BCUT2D eigenvalue weighted by Gasteiger charge is 2.29. The molecule has 0 spiro atoms. The van der Waals surface area contributed by atoms with Gasteiger partial charge >= 0.3 is 5.97 Å². The van der Waals surface area contributed by atoms with Crippen LogP contribution < -0.4 is 10.6 Å². The lowest BCUT2D eigenvalue weighted by Gasteiger charge is -2.18. The van der Waals surface area contributed by atoms with Crippen LogP contribution in [0, 0.1) is 5.92 Å². The van der Waals surface area contributed by atoms with Crippen molar-refractivity contribution in [2.24, 2.45) is 10.9 Å². The maximum Gasteiger partial charge on any atom is 0.305 e. The Bertz CT molecular complexity index is 655. The van der Waals surface area contributed by atoms with Crippen molar-refractivity contribution < 1.29 is 14.3 Å². The minimum Gasteiger partial charge on any atom is -0.466 e. The molecule has 0 aliphatic carbocycles. The van der Waals surface area contributed by atoms with E-state index in [-0.39, 0.29) is 41.8 Å². The largest absolute Gasteiger partial charge is 0.466 e. The molecule has 2 N–H and O–H groups in total. The summed E-state index contributed by atoms with van der Waals surface area (Å²) in [5, 5.41) is 6.48. The summed E-state index contributed by atoms with van der Waals surface area (Å²) in [5.74, 6) is 1.02. The molecular formula is C21H33IN4O3. The maximum atomic E-state index is 12.3. The molecule has 0 bridgehead atoms. The van der Waals surface area contributed by atoms with Crippen LogP contribution >= 0.6 is 24.0 Å². The van der Waals surface area contributed by atoms with Gasteiger partial charge in [-0.2, -0.15) is 0 Å². The van der Waals surface area contributed by atoms with E-state index in [0.29, 0.717) is 44.9 Å². The van der Waals surface area contributed by atoms with Crippen LogP contribution in [0.2, 0.25) is 0 Å². The van der Waals surface area contributed by atoms with Gasteiger partial charge in [0.15, 0.2) is 5.96 Å². The van der Waals surface area contributed by atoms with E-state index in [4.69, 9.17) is 4.74 Å². The van der Waals surface area contributed by atoms with Crippen LogP contribution in [-0.4, -0.2) is 62.6 Å². The number of halogens is 1. The number of amides is 1. The first-order valence-corrected chi connectivity index (χ1v) is 10.0. The Morgan fingerprint density at radius 2 is 2.03 bits per heavy atom. The topological polar surface area (TPSA) is 83.0 Å². The van der Waals surface area contributed by atoms with Gasteiger partial charge in [0.2, 0.25) is 5.91 Å². The van der Waals surface area contributed by atoms with Crippen LogP contribution in [0.15, 0.2) is 35.3 Å². The molecule has 1 aromatic rings. The van der Waals surface area contributed by atoms with E-state index in [2.05, 4.69) is 27.8 Å². The minimum absolute atomic E-state index is 0. The molecule has 162 valence electrons. The number of carbonyl (C=O) groups is 2. The Morgan fingerprint density at radius 1 is 1.28 bits per heavy atom. The number of benzene rings is 1. The summed E-state index contributed by atoms with van der Waals surface area (Å²) < 4.78 is 4.91. The van der Waals surface area contributed by atoms with Gasteiger partial charge in [-0.05, 0) is 25.3 Å². The number of nitrogens with one attached hydrogen (secondary N) is 2. The molecular weight excluding hydrogens is 483 g/mol. The smallest absolute Gasteiger partial charge is 0.305 e. The quantitative estimate of drug-likeness (QED) is 0.164. The fourth-order valence-electron chi connectivity index (χ4n) is 3.25. The molecule has 8 heteroatoms. The first-order chi connectivity index (χ1) is 13.6. The van der Waals surface area contributed by atoms with Crippen molar-refractivity contribution in [1.82, 2.24) is 15.5 Å². The number of rotatable bonds is 10. The molecule has 1 amide bonds. The minimum atomic E-state index is -0.174. The second kappa shape index (κ2) is 14.2. The van der Waals surface area contributed by atoms with Crippen LogP contribution in [-0.2, 0) is 20.7 Å². The highest BCUT2D eigenvalue weighted by Crippen LogP contribution is 2.17. The molecule has 1 fully saturated rings. The first kappa shape index (κ1) is 25.2. The highest BCUT2D eigenvalue weighted by molar-refractivity contribution is 14.0. The number of nitrogens with zero attached hydrogens (tertiary/aromatic N) is 2. The van der Waals surface area contributed by atoms with Crippen LogP contribution in [0.5, 0.6) is 0 Å². The number of guanidine groups is 1. The van der Waals surface area contributed by atoms with Crippen molar-refractivity contribution in [3.63, 3.8) is 0 Å². The third kappa shape index (κ3) is 9.47. The van der Waals surface area contributed by atoms with Crippen LogP contribution in [0.1, 0.15) is 31.7 Å². The molecule has 1 aliphatic rings. The fourth-order valence-corrected chi connectivity index (χ4v) is 3.25. The third-order valence-electron chi connectivity index (χ3n) is 4.75. The van der Waals surface area contributed by atoms with Crippen LogP contribution in [0.3, 0.4) is 0 Å². The summed E-state index contributed by atoms with van der Waals surface area (Å²) >= 11 is 0. The number of ether oxygens (including phenoxy) is 1. The van der Waals surface area contributed by atoms with Crippen molar-refractivity contribution in [2.75, 3.05) is 39.8 Å². The van der Waals surface area contributed by atoms with Gasteiger partial charge < -0.3 is 20.3 Å².